The van der Waals surface area contributed by atoms with E-state index in [4.69, 9.17) is 0 Å². The van der Waals surface area contributed by atoms with Gasteiger partial charge in [0.15, 0.2) is 5.78 Å². The van der Waals surface area contributed by atoms with Gasteiger partial charge in [0.1, 0.15) is 6.10 Å². The van der Waals surface area contributed by atoms with E-state index >= 15 is 0 Å². The van der Waals surface area contributed by atoms with Gasteiger partial charge in [0.25, 0.3) is 0 Å². The molecule has 0 bridgehead atoms. The minimum Gasteiger partial charge on any atom is -0.384 e. The van der Waals surface area contributed by atoms with E-state index in [2.05, 4.69) is 78.9 Å². The van der Waals surface area contributed by atoms with Crippen LogP contribution < -0.4 is 0 Å². The van der Waals surface area contributed by atoms with Gasteiger partial charge in [-0.25, -0.2) is 0 Å². The predicted molar refractivity (Wildman–Crippen MR) is 173 cm³/mol. The lowest BCUT2D eigenvalue weighted by Crippen LogP contribution is -2.26. The number of benzene rings is 6. The molecule has 2 aliphatic rings. The Balaban J connectivity index is 1.41. The third-order valence-electron chi connectivity index (χ3n) is 9.56. The van der Waals surface area contributed by atoms with Crippen molar-refractivity contribution in [2.24, 2.45) is 0 Å². The molecule has 2 aliphatic carbocycles. The number of fused-ring (bicyclic) bond motifs is 10. The van der Waals surface area contributed by atoms with E-state index in [1.54, 1.807) is 0 Å². The number of hydrogen-bond donors (Lipinski definition) is 1. The fraction of sp³-hybridized carbons (Fsp3) is 0.0976. The predicted octanol–water partition coefficient (Wildman–Crippen LogP) is 8.96. The summed E-state index contributed by atoms with van der Waals surface area (Å²) in [5, 5.41) is 11.7. The second-order valence-electron chi connectivity index (χ2n) is 11.8. The third kappa shape index (κ3) is 3.54. The number of aliphatic hydroxyl groups is 1. The van der Waals surface area contributed by atoms with Crippen molar-refractivity contribution in [3.05, 3.63) is 189 Å². The number of aliphatic hydroxyl groups excluding tert-OH is 1. The Hall–Kier alpha value is -5.05. The Morgan fingerprint density at radius 1 is 0.558 bits per heavy atom. The maximum atomic E-state index is 13.9. The minimum atomic E-state index is -0.752. The normalized spacial score (nSPS) is 16.3. The lowest BCUT2D eigenvalue weighted by Gasteiger charge is -2.31. The van der Waals surface area contributed by atoms with Crippen LogP contribution in [0.2, 0.25) is 0 Å². The summed E-state index contributed by atoms with van der Waals surface area (Å²) in [5.74, 6) is 0.0298. The molecule has 6 aromatic carbocycles. The summed E-state index contributed by atoms with van der Waals surface area (Å²) in [4.78, 5) is 13.9. The zero-order chi connectivity index (χ0) is 29.3. The highest BCUT2D eigenvalue weighted by Crippen LogP contribution is 2.63. The van der Waals surface area contributed by atoms with Crippen LogP contribution in [-0.4, -0.2) is 10.9 Å². The largest absolute Gasteiger partial charge is 0.384 e. The highest BCUT2D eigenvalue weighted by Gasteiger charge is 2.52. The average Bonchev–Trinajstić information content (AvgIpc) is 3.51. The molecule has 2 nitrogen and oxygen atoms in total. The molecule has 1 N–H and O–H groups in total. The van der Waals surface area contributed by atoms with Crippen LogP contribution in [0.3, 0.4) is 0 Å². The van der Waals surface area contributed by atoms with Crippen LogP contribution in [0.5, 0.6) is 0 Å². The van der Waals surface area contributed by atoms with E-state index in [-0.39, 0.29) is 5.78 Å². The van der Waals surface area contributed by atoms with Gasteiger partial charge in [0, 0.05) is 11.1 Å². The summed E-state index contributed by atoms with van der Waals surface area (Å²) in [5.41, 5.74) is 13.9. The second-order valence-corrected chi connectivity index (χ2v) is 11.8. The zero-order valence-corrected chi connectivity index (χ0v) is 24.1. The molecule has 43 heavy (non-hydrogen) atoms. The van der Waals surface area contributed by atoms with Crippen LogP contribution in [-0.2, 0) is 5.41 Å². The van der Waals surface area contributed by atoms with Crippen LogP contribution in [0.4, 0.5) is 0 Å². The Morgan fingerprint density at radius 2 is 1.09 bits per heavy atom. The van der Waals surface area contributed by atoms with Crippen molar-refractivity contribution in [1.82, 2.24) is 0 Å². The molecule has 206 valence electrons. The molecule has 0 heterocycles. The van der Waals surface area contributed by atoms with Gasteiger partial charge in [0.2, 0.25) is 0 Å². The van der Waals surface area contributed by atoms with Crippen molar-refractivity contribution in [3.63, 3.8) is 0 Å². The van der Waals surface area contributed by atoms with E-state index in [1.807, 2.05) is 68.4 Å². The van der Waals surface area contributed by atoms with Crippen LogP contribution in [0.1, 0.15) is 66.5 Å². The Labute approximate surface area is 251 Å². The molecule has 0 amide bonds. The molecular weight excluding hydrogens is 524 g/mol. The quantitative estimate of drug-likeness (QED) is 0.221. The molecule has 2 heteroatoms. The fourth-order valence-electron chi connectivity index (χ4n) is 7.52. The lowest BCUT2D eigenvalue weighted by molar-refractivity contribution is 0.103. The highest BCUT2D eigenvalue weighted by molar-refractivity contribution is 6.11. The van der Waals surface area contributed by atoms with Crippen molar-refractivity contribution in [1.29, 1.82) is 0 Å². The Bertz CT molecular complexity index is 2090. The van der Waals surface area contributed by atoms with Crippen molar-refractivity contribution in [3.8, 4) is 22.3 Å². The zero-order valence-electron chi connectivity index (χ0n) is 24.1. The molecule has 8 rings (SSSR count). The molecule has 6 aromatic rings. The molecule has 0 saturated carbocycles. The number of rotatable bonds is 4. The number of hydrogen-bond acceptors (Lipinski definition) is 2. The summed E-state index contributed by atoms with van der Waals surface area (Å²) >= 11 is 0. The van der Waals surface area contributed by atoms with E-state index in [0.717, 1.165) is 50.1 Å². The van der Waals surface area contributed by atoms with Crippen LogP contribution >= 0.6 is 0 Å². The van der Waals surface area contributed by atoms with Crippen LogP contribution in [0.25, 0.3) is 22.3 Å². The molecule has 0 radical (unpaired) electrons. The number of carbonyl (C=O) groups is 1. The number of ketones is 1. The summed E-state index contributed by atoms with van der Waals surface area (Å²) in [6.45, 7) is 4.03. The first-order valence-electron chi connectivity index (χ1n) is 14.8. The molecule has 0 fully saturated rings. The van der Waals surface area contributed by atoms with Gasteiger partial charge in [-0.1, -0.05) is 127 Å². The van der Waals surface area contributed by atoms with Crippen LogP contribution in [0, 0.1) is 13.8 Å². The van der Waals surface area contributed by atoms with Gasteiger partial charge in [-0.3, -0.25) is 4.79 Å². The van der Waals surface area contributed by atoms with E-state index in [0.29, 0.717) is 5.56 Å². The molecule has 2 atom stereocenters. The maximum Gasteiger partial charge on any atom is 0.193 e. The van der Waals surface area contributed by atoms with Gasteiger partial charge in [0.05, 0.1) is 5.41 Å². The van der Waals surface area contributed by atoms with Crippen molar-refractivity contribution in [2.75, 3.05) is 0 Å². The van der Waals surface area contributed by atoms with Gasteiger partial charge < -0.3 is 5.11 Å². The number of aryl methyl sites for hydroxylation is 2. The smallest absolute Gasteiger partial charge is 0.193 e. The first-order chi connectivity index (χ1) is 21.0. The molecule has 2 unspecified atom stereocenters. The summed E-state index contributed by atoms with van der Waals surface area (Å²) in [6, 6.07) is 45.7. The van der Waals surface area contributed by atoms with E-state index in [1.165, 1.54) is 22.3 Å². The Kier molecular flexibility index (Phi) is 5.66. The lowest BCUT2D eigenvalue weighted by atomic mass is 9.70. The second kappa shape index (κ2) is 9.49. The SMILES string of the molecule is Cc1ccccc1C(=O)c1ccc2c(c1)C1(c3ccccc3-2)c2ccccc2-c2ccc(C(O)c3ccccc3C)cc21. The Morgan fingerprint density at radius 3 is 1.77 bits per heavy atom. The first kappa shape index (κ1) is 25.6. The van der Waals surface area contributed by atoms with Gasteiger partial charge in [-0.15, -0.1) is 0 Å². The van der Waals surface area contributed by atoms with E-state index < -0.39 is 11.5 Å². The summed E-state index contributed by atoms with van der Waals surface area (Å²) in [7, 11) is 0. The average molecular weight is 555 g/mol. The topological polar surface area (TPSA) is 37.3 Å². The van der Waals surface area contributed by atoms with E-state index in [9.17, 15) is 9.90 Å². The van der Waals surface area contributed by atoms with Crippen molar-refractivity contribution >= 4 is 5.78 Å². The molecule has 0 aliphatic heterocycles. The fourth-order valence-corrected chi connectivity index (χ4v) is 7.52. The monoisotopic (exact) mass is 554 g/mol. The maximum absolute atomic E-state index is 13.9. The molecule has 0 saturated heterocycles. The van der Waals surface area contributed by atoms with Gasteiger partial charge in [-0.05, 0) is 86.7 Å². The van der Waals surface area contributed by atoms with Crippen molar-refractivity contribution < 1.29 is 9.90 Å². The molecule has 0 aromatic heterocycles. The summed E-state index contributed by atoms with van der Waals surface area (Å²) < 4.78 is 0. The molecular formula is C41H30O2. The highest BCUT2D eigenvalue weighted by atomic mass is 16.3. The minimum absolute atomic E-state index is 0.0298. The van der Waals surface area contributed by atoms with Crippen molar-refractivity contribution in [2.45, 2.75) is 25.4 Å². The first-order valence-corrected chi connectivity index (χ1v) is 14.8. The summed E-state index contributed by atoms with van der Waals surface area (Å²) in [6.07, 6.45) is -0.752. The molecule has 1 spiro atoms. The third-order valence-corrected chi connectivity index (χ3v) is 9.56. The number of carbonyl (C=O) groups excluding carboxylic acids is 1. The van der Waals surface area contributed by atoms with Crippen LogP contribution in [0.15, 0.2) is 133 Å². The standard InChI is InChI=1S/C41H30O2/c1-25-11-3-5-13-29(25)39(42)27-19-21-33-31-15-7-9-17-35(31)41(37(33)23-27)36-18-10-8-16-32(36)34-22-20-28(24-38(34)41)40(43)30-14-6-4-12-26(30)2/h3-24,39,42H,1-2H3. The van der Waals surface area contributed by atoms with Gasteiger partial charge in [-0.2, -0.15) is 0 Å². The van der Waals surface area contributed by atoms with Gasteiger partial charge >= 0.3 is 0 Å².